The van der Waals surface area contributed by atoms with Gasteiger partial charge in [0.15, 0.2) is 11.6 Å². The van der Waals surface area contributed by atoms with E-state index in [0.717, 1.165) is 5.56 Å². The highest BCUT2D eigenvalue weighted by atomic mass is 32.1. The second kappa shape index (κ2) is 4.36. The van der Waals surface area contributed by atoms with E-state index in [1.54, 1.807) is 12.1 Å². The minimum Gasteiger partial charge on any atom is -0.490 e. The molecule has 0 unspecified atom stereocenters. The Balaban J connectivity index is 2.75. The molecule has 66 valence electrons. The lowest BCUT2D eigenvalue weighted by molar-refractivity contribution is 0.325. The van der Waals surface area contributed by atoms with Crippen LogP contribution in [-0.2, 0) is 0 Å². The topological polar surface area (TPSA) is 9.23 Å². The maximum atomic E-state index is 12.9. The van der Waals surface area contributed by atoms with E-state index in [1.165, 1.54) is 6.07 Å². The van der Waals surface area contributed by atoms with Crippen molar-refractivity contribution in [2.45, 2.75) is 6.92 Å². The molecule has 3 heteroatoms. The van der Waals surface area contributed by atoms with Crippen LogP contribution in [0.1, 0.15) is 5.56 Å². The Bertz CT molecular complexity index is 263. The van der Waals surface area contributed by atoms with Crippen LogP contribution >= 0.6 is 12.6 Å². The van der Waals surface area contributed by atoms with Gasteiger partial charge >= 0.3 is 0 Å². The molecule has 0 amide bonds. The Morgan fingerprint density at radius 1 is 1.50 bits per heavy atom. The molecule has 0 saturated heterocycles. The largest absolute Gasteiger partial charge is 0.490 e. The summed E-state index contributed by atoms with van der Waals surface area (Å²) in [5.74, 6) is 0.583. The Morgan fingerprint density at radius 2 is 2.25 bits per heavy atom. The second-order valence-corrected chi connectivity index (χ2v) is 2.95. The summed E-state index contributed by atoms with van der Waals surface area (Å²) >= 11 is 3.96. The Morgan fingerprint density at radius 3 is 2.92 bits per heavy atom. The molecular formula is C9H11FOS. The average Bonchev–Trinajstić information content (AvgIpc) is 2.07. The van der Waals surface area contributed by atoms with Crippen molar-refractivity contribution in [2.24, 2.45) is 0 Å². The number of hydrogen-bond donors (Lipinski definition) is 1. The van der Waals surface area contributed by atoms with E-state index in [2.05, 4.69) is 12.6 Å². The van der Waals surface area contributed by atoms with Crippen LogP contribution in [0.5, 0.6) is 5.75 Å². The zero-order chi connectivity index (χ0) is 8.97. The number of ether oxygens (including phenoxy) is 1. The molecule has 1 aromatic rings. The summed E-state index contributed by atoms with van der Waals surface area (Å²) < 4.78 is 18.1. The van der Waals surface area contributed by atoms with Crippen molar-refractivity contribution in [3.8, 4) is 5.75 Å². The van der Waals surface area contributed by atoms with Gasteiger partial charge in [-0.2, -0.15) is 12.6 Å². The molecule has 0 heterocycles. The third-order valence-electron chi connectivity index (χ3n) is 1.44. The molecule has 1 nitrogen and oxygen atoms in total. The van der Waals surface area contributed by atoms with E-state index in [4.69, 9.17) is 4.74 Å². The van der Waals surface area contributed by atoms with Gasteiger partial charge in [0.2, 0.25) is 0 Å². The summed E-state index contributed by atoms with van der Waals surface area (Å²) in [5, 5.41) is 0. The summed E-state index contributed by atoms with van der Waals surface area (Å²) in [5.41, 5.74) is 0.991. The highest BCUT2D eigenvalue weighted by Gasteiger charge is 2.01. The first-order chi connectivity index (χ1) is 5.74. The predicted molar refractivity (Wildman–Crippen MR) is 50.5 cm³/mol. The molecule has 0 aliphatic carbocycles. The van der Waals surface area contributed by atoms with Gasteiger partial charge in [0.25, 0.3) is 0 Å². The minimum atomic E-state index is -0.317. The molecule has 0 N–H and O–H groups in total. The van der Waals surface area contributed by atoms with E-state index in [-0.39, 0.29) is 5.82 Å². The van der Waals surface area contributed by atoms with Gasteiger partial charge in [-0.3, -0.25) is 0 Å². The van der Waals surface area contributed by atoms with E-state index in [9.17, 15) is 4.39 Å². The zero-order valence-corrected chi connectivity index (χ0v) is 7.77. The van der Waals surface area contributed by atoms with Crippen molar-refractivity contribution >= 4 is 12.6 Å². The number of benzene rings is 1. The van der Waals surface area contributed by atoms with Crippen molar-refractivity contribution < 1.29 is 9.13 Å². The molecule has 0 aliphatic rings. The fraction of sp³-hybridized carbons (Fsp3) is 0.333. The van der Waals surface area contributed by atoms with Gasteiger partial charge in [-0.05, 0) is 24.6 Å². The normalized spacial score (nSPS) is 9.92. The SMILES string of the molecule is Cc1ccc(F)c(OCCS)c1. The fourth-order valence-corrected chi connectivity index (χ4v) is 0.968. The first-order valence-electron chi connectivity index (χ1n) is 3.74. The lowest BCUT2D eigenvalue weighted by Crippen LogP contribution is -2.00. The predicted octanol–water partition coefficient (Wildman–Crippen LogP) is 2.44. The van der Waals surface area contributed by atoms with Crippen molar-refractivity contribution in [3.63, 3.8) is 0 Å². The quantitative estimate of drug-likeness (QED) is 0.713. The van der Waals surface area contributed by atoms with Crippen LogP contribution in [0, 0.1) is 12.7 Å². The Kier molecular flexibility index (Phi) is 3.41. The van der Waals surface area contributed by atoms with Crippen LogP contribution in [-0.4, -0.2) is 12.4 Å². The van der Waals surface area contributed by atoms with Crippen LogP contribution in [0.2, 0.25) is 0 Å². The summed E-state index contributed by atoms with van der Waals surface area (Å²) in [6, 6.07) is 4.80. The van der Waals surface area contributed by atoms with Crippen molar-refractivity contribution in [1.82, 2.24) is 0 Å². The van der Waals surface area contributed by atoms with Gasteiger partial charge < -0.3 is 4.74 Å². The lowest BCUT2D eigenvalue weighted by atomic mass is 10.2. The van der Waals surface area contributed by atoms with Gasteiger partial charge in [-0.25, -0.2) is 4.39 Å². The Labute approximate surface area is 77.0 Å². The summed E-state index contributed by atoms with van der Waals surface area (Å²) in [7, 11) is 0. The van der Waals surface area contributed by atoms with E-state index in [1.807, 2.05) is 6.92 Å². The summed E-state index contributed by atoms with van der Waals surface area (Å²) in [4.78, 5) is 0. The molecule has 1 rings (SSSR count). The number of hydrogen-bond acceptors (Lipinski definition) is 2. The molecule has 0 radical (unpaired) electrons. The zero-order valence-electron chi connectivity index (χ0n) is 6.88. The lowest BCUT2D eigenvalue weighted by Gasteiger charge is -2.05. The molecular weight excluding hydrogens is 175 g/mol. The first kappa shape index (κ1) is 9.39. The number of thiol groups is 1. The fourth-order valence-electron chi connectivity index (χ4n) is 0.877. The molecule has 0 fully saturated rings. The van der Waals surface area contributed by atoms with Crippen molar-refractivity contribution in [3.05, 3.63) is 29.6 Å². The minimum absolute atomic E-state index is 0.309. The van der Waals surface area contributed by atoms with Crippen LogP contribution in [0.3, 0.4) is 0 Å². The monoisotopic (exact) mass is 186 g/mol. The molecule has 1 aromatic carbocycles. The molecule has 12 heavy (non-hydrogen) atoms. The standard InChI is InChI=1S/C9H11FOS/c1-7-2-3-8(10)9(6-7)11-4-5-12/h2-3,6,12H,4-5H2,1H3. The van der Waals surface area contributed by atoms with E-state index in [0.29, 0.717) is 18.1 Å². The molecule has 0 aliphatic heterocycles. The number of aryl methyl sites for hydroxylation is 1. The van der Waals surface area contributed by atoms with Crippen LogP contribution < -0.4 is 4.74 Å². The van der Waals surface area contributed by atoms with Crippen molar-refractivity contribution in [1.29, 1.82) is 0 Å². The second-order valence-electron chi connectivity index (χ2n) is 2.51. The molecule has 0 bridgehead atoms. The smallest absolute Gasteiger partial charge is 0.165 e. The molecule has 0 aromatic heterocycles. The van der Waals surface area contributed by atoms with Crippen LogP contribution in [0.25, 0.3) is 0 Å². The molecule has 0 saturated carbocycles. The first-order valence-corrected chi connectivity index (χ1v) is 4.37. The summed E-state index contributed by atoms with van der Waals surface area (Å²) in [6.07, 6.45) is 0. The average molecular weight is 186 g/mol. The van der Waals surface area contributed by atoms with Gasteiger partial charge in [0.05, 0.1) is 6.61 Å². The summed E-state index contributed by atoms with van der Waals surface area (Å²) in [6.45, 7) is 2.33. The van der Waals surface area contributed by atoms with E-state index < -0.39 is 0 Å². The molecule has 0 spiro atoms. The Hall–Kier alpha value is -0.700. The van der Waals surface area contributed by atoms with E-state index >= 15 is 0 Å². The number of rotatable bonds is 3. The van der Waals surface area contributed by atoms with Gasteiger partial charge in [0.1, 0.15) is 0 Å². The van der Waals surface area contributed by atoms with Crippen molar-refractivity contribution in [2.75, 3.05) is 12.4 Å². The maximum absolute atomic E-state index is 12.9. The van der Waals surface area contributed by atoms with Gasteiger partial charge in [-0.1, -0.05) is 6.07 Å². The van der Waals surface area contributed by atoms with Crippen LogP contribution in [0.4, 0.5) is 4.39 Å². The third-order valence-corrected chi connectivity index (χ3v) is 1.62. The van der Waals surface area contributed by atoms with Crippen LogP contribution in [0.15, 0.2) is 18.2 Å². The molecule has 0 atom stereocenters. The highest BCUT2D eigenvalue weighted by molar-refractivity contribution is 7.80. The number of halogens is 1. The van der Waals surface area contributed by atoms with Gasteiger partial charge in [0, 0.05) is 5.75 Å². The third kappa shape index (κ3) is 2.41. The maximum Gasteiger partial charge on any atom is 0.165 e. The van der Waals surface area contributed by atoms with Gasteiger partial charge in [-0.15, -0.1) is 0 Å². The highest BCUT2D eigenvalue weighted by Crippen LogP contribution is 2.17.